The van der Waals surface area contributed by atoms with Crippen LogP contribution in [0.5, 0.6) is 0 Å². The molecule has 0 N–H and O–H groups in total. The molecule has 176 valence electrons. The van der Waals surface area contributed by atoms with Gasteiger partial charge in [-0.1, -0.05) is 47.2 Å². The normalized spacial score (nSPS) is 12.0. The molecular formula is C28H20FN5OS. The van der Waals surface area contributed by atoms with Crippen LogP contribution in [0.1, 0.15) is 16.7 Å². The van der Waals surface area contributed by atoms with Crippen LogP contribution < -0.4 is 10.1 Å². The molecule has 0 amide bonds. The quantitative estimate of drug-likeness (QED) is 0.348. The van der Waals surface area contributed by atoms with E-state index < -0.39 is 0 Å². The zero-order chi connectivity index (χ0) is 24.8. The highest BCUT2D eigenvalue weighted by molar-refractivity contribution is 7.15. The lowest BCUT2D eigenvalue weighted by Gasteiger charge is -2.05. The Morgan fingerprint density at radius 2 is 1.72 bits per heavy atom. The van der Waals surface area contributed by atoms with Gasteiger partial charge in [0.25, 0.3) is 5.56 Å². The number of para-hydroxylation sites is 1. The van der Waals surface area contributed by atoms with Gasteiger partial charge in [0.05, 0.1) is 10.2 Å². The van der Waals surface area contributed by atoms with Crippen molar-refractivity contribution >= 4 is 22.4 Å². The topological polar surface area (TPSA) is 65.1 Å². The molecule has 0 radical (unpaired) electrons. The number of fused-ring (bicyclic) bond motifs is 1. The van der Waals surface area contributed by atoms with Crippen molar-refractivity contribution in [1.29, 1.82) is 0 Å². The van der Waals surface area contributed by atoms with Crippen molar-refractivity contribution < 1.29 is 4.39 Å². The largest absolute Gasteiger partial charge is 0.291 e. The van der Waals surface area contributed by atoms with E-state index >= 15 is 0 Å². The number of thiazole rings is 1. The zero-order valence-electron chi connectivity index (χ0n) is 19.5. The van der Waals surface area contributed by atoms with Gasteiger partial charge in [0.15, 0.2) is 5.82 Å². The Bertz CT molecular complexity index is 1840. The van der Waals surface area contributed by atoms with Crippen LogP contribution >= 0.6 is 11.3 Å². The van der Waals surface area contributed by atoms with Crippen LogP contribution in [0.2, 0.25) is 0 Å². The summed E-state index contributed by atoms with van der Waals surface area (Å²) in [6.45, 7) is 4.11. The molecule has 0 saturated heterocycles. The summed E-state index contributed by atoms with van der Waals surface area (Å²) in [6, 6.07) is 22.0. The van der Waals surface area contributed by atoms with Crippen molar-refractivity contribution in [3.63, 3.8) is 0 Å². The van der Waals surface area contributed by atoms with E-state index in [1.54, 1.807) is 12.1 Å². The first-order chi connectivity index (χ1) is 17.5. The fraction of sp³-hybridized carbons (Fsp3) is 0.0714. The maximum atomic E-state index is 13.3. The molecule has 0 spiro atoms. The molecule has 3 aromatic heterocycles. The van der Waals surface area contributed by atoms with Gasteiger partial charge in [-0.2, -0.15) is 14.6 Å². The molecule has 6 nitrogen and oxygen atoms in total. The third-order valence-electron chi connectivity index (χ3n) is 5.98. The second kappa shape index (κ2) is 8.66. The van der Waals surface area contributed by atoms with Crippen LogP contribution in [0.15, 0.2) is 83.8 Å². The van der Waals surface area contributed by atoms with Crippen LogP contribution in [0.3, 0.4) is 0 Å². The van der Waals surface area contributed by atoms with Gasteiger partial charge in [0.2, 0.25) is 4.96 Å². The van der Waals surface area contributed by atoms with Gasteiger partial charge in [-0.3, -0.25) is 4.79 Å². The highest BCUT2D eigenvalue weighted by Gasteiger charge is 2.16. The number of hydrogen-bond donors (Lipinski definition) is 0. The van der Waals surface area contributed by atoms with E-state index in [-0.39, 0.29) is 11.4 Å². The number of halogens is 1. The Morgan fingerprint density at radius 3 is 2.47 bits per heavy atom. The van der Waals surface area contributed by atoms with E-state index in [2.05, 4.69) is 42.1 Å². The average molecular weight is 494 g/mol. The van der Waals surface area contributed by atoms with Gasteiger partial charge in [-0.05, 0) is 68.0 Å². The molecule has 0 atom stereocenters. The van der Waals surface area contributed by atoms with E-state index in [1.165, 1.54) is 28.0 Å². The monoisotopic (exact) mass is 493 g/mol. The fourth-order valence-electron chi connectivity index (χ4n) is 4.10. The molecular weight excluding hydrogens is 473 g/mol. The SMILES string of the molecule is Cc1ccc(C)c(-c2nn(-c3ccccc3)cc2/C=c2\sc3nc(-c4ccc(F)cc4)nn3c2=O)c1. The lowest BCUT2D eigenvalue weighted by Crippen LogP contribution is -2.23. The van der Waals surface area contributed by atoms with Crippen molar-refractivity contribution in [1.82, 2.24) is 24.4 Å². The molecule has 0 fully saturated rings. The number of benzene rings is 3. The summed E-state index contributed by atoms with van der Waals surface area (Å²) in [4.78, 5) is 18.2. The first-order valence-corrected chi connectivity index (χ1v) is 12.2. The summed E-state index contributed by atoms with van der Waals surface area (Å²) >= 11 is 1.26. The minimum Gasteiger partial charge on any atom is -0.266 e. The Morgan fingerprint density at radius 1 is 0.944 bits per heavy atom. The summed E-state index contributed by atoms with van der Waals surface area (Å²) in [6.07, 6.45) is 3.79. The molecule has 0 unspecified atom stereocenters. The van der Waals surface area contributed by atoms with Crippen molar-refractivity contribution in [2.75, 3.05) is 0 Å². The molecule has 6 rings (SSSR count). The Labute approximate surface area is 209 Å². The molecule has 8 heteroatoms. The second-order valence-electron chi connectivity index (χ2n) is 8.58. The molecule has 6 aromatic rings. The standard InChI is InChI=1S/C28H20FN5OS/c1-17-8-9-18(2)23(14-17)25-20(16-33(31-25)22-6-4-3-5-7-22)15-24-27(35)34-28(36-24)30-26(32-34)19-10-12-21(29)13-11-19/h3-16H,1-2H3/b24-15-. The minimum atomic E-state index is -0.336. The third kappa shape index (κ3) is 3.91. The molecule has 3 heterocycles. The van der Waals surface area contributed by atoms with Crippen LogP contribution in [-0.4, -0.2) is 24.4 Å². The number of aromatic nitrogens is 5. The molecule has 0 saturated carbocycles. The molecule has 0 aliphatic rings. The van der Waals surface area contributed by atoms with E-state index in [1.807, 2.05) is 47.3 Å². The van der Waals surface area contributed by atoms with Gasteiger partial charge in [0, 0.05) is 22.9 Å². The Kier molecular flexibility index (Phi) is 5.30. The van der Waals surface area contributed by atoms with Crippen LogP contribution in [-0.2, 0) is 0 Å². The zero-order valence-corrected chi connectivity index (χ0v) is 20.3. The number of nitrogens with zero attached hydrogens (tertiary/aromatic N) is 5. The first-order valence-electron chi connectivity index (χ1n) is 11.4. The maximum absolute atomic E-state index is 13.3. The number of aryl methyl sites for hydroxylation is 2. The highest BCUT2D eigenvalue weighted by atomic mass is 32.1. The Balaban J connectivity index is 1.51. The van der Waals surface area contributed by atoms with Crippen molar-refractivity contribution in [2.24, 2.45) is 0 Å². The summed E-state index contributed by atoms with van der Waals surface area (Å²) in [5, 5.41) is 9.27. The lowest BCUT2D eigenvalue weighted by molar-refractivity contribution is 0.628. The predicted molar refractivity (Wildman–Crippen MR) is 140 cm³/mol. The van der Waals surface area contributed by atoms with E-state index in [4.69, 9.17) is 5.10 Å². The van der Waals surface area contributed by atoms with Crippen LogP contribution in [0, 0.1) is 19.7 Å². The van der Waals surface area contributed by atoms with E-state index in [9.17, 15) is 9.18 Å². The minimum absolute atomic E-state index is 0.254. The maximum Gasteiger partial charge on any atom is 0.291 e. The summed E-state index contributed by atoms with van der Waals surface area (Å²) < 4.78 is 16.9. The van der Waals surface area contributed by atoms with Crippen molar-refractivity contribution in [3.05, 3.63) is 116 Å². The number of hydrogen-bond acceptors (Lipinski definition) is 5. The smallest absolute Gasteiger partial charge is 0.266 e. The highest BCUT2D eigenvalue weighted by Crippen LogP contribution is 2.28. The predicted octanol–water partition coefficient (Wildman–Crippen LogP) is 4.97. The molecule has 36 heavy (non-hydrogen) atoms. The van der Waals surface area contributed by atoms with Crippen molar-refractivity contribution in [2.45, 2.75) is 13.8 Å². The van der Waals surface area contributed by atoms with Gasteiger partial charge in [-0.15, -0.1) is 5.10 Å². The third-order valence-corrected chi connectivity index (χ3v) is 6.94. The molecule has 0 aliphatic heterocycles. The van der Waals surface area contributed by atoms with Crippen LogP contribution in [0.4, 0.5) is 4.39 Å². The average Bonchev–Trinajstić information content (AvgIpc) is 3.57. The lowest BCUT2D eigenvalue weighted by atomic mass is 10.0. The van der Waals surface area contributed by atoms with Gasteiger partial charge < -0.3 is 0 Å². The fourth-order valence-corrected chi connectivity index (χ4v) is 5.00. The van der Waals surface area contributed by atoms with E-state index in [0.717, 1.165) is 33.6 Å². The number of rotatable bonds is 4. The second-order valence-corrected chi connectivity index (χ2v) is 9.59. The first kappa shape index (κ1) is 22.1. The van der Waals surface area contributed by atoms with Crippen molar-refractivity contribution in [3.8, 4) is 28.3 Å². The van der Waals surface area contributed by atoms with Crippen LogP contribution in [0.25, 0.3) is 39.4 Å². The Hall–Kier alpha value is -4.43. The summed E-state index contributed by atoms with van der Waals surface area (Å²) in [5.74, 6) is 0.0507. The van der Waals surface area contributed by atoms with Gasteiger partial charge >= 0.3 is 0 Å². The van der Waals surface area contributed by atoms with Gasteiger partial charge in [0.1, 0.15) is 11.5 Å². The molecule has 0 bridgehead atoms. The van der Waals surface area contributed by atoms with E-state index in [0.29, 0.717) is 20.9 Å². The summed E-state index contributed by atoms with van der Waals surface area (Å²) in [5.41, 5.74) is 6.20. The molecule has 3 aromatic carbocycles. The summed E-state index contributed by atoms with van der Waals surface area (Å²) in [7, 11) is 0. The van der Waals surface area contributed by atoms with Gasteiger partial charge in [-0.25, -0.2) is 9.07 Å². The molecule has 0 aliphatic carbocycles.